The molecule has 2 amide bonds. The largest absolute Gasteiger partial charge is 0.338 e. The highest BCUT2D eigenvalue weighted by Crippen LogP contribution is 2.30. The summed E-state index contributed by atoms with van der Waals surface area (Å²) in [5, 5.41) is 11.8. The van der Waals surface area contributed by atoms with Crippen LogP contribution in [0, 0.1) is 12.7 Å². The van der Waals surface area contributed by atoms with Crippen molar-refractivity contribution in [3.05, 3.63) is 75.5 Å². The van der Waals surface area contributed by atoms with E-state index in [2.05, 4.69) is 15.5 Å². The molecule has 1 aliphatic heterocycles. The van der Waals surface area contributed by atoms with Crippen molar-refractivity contribution < 1.29 is 14.0 Å². The summed E-state index contributed by atoms with van der Waals surface area (Å²) in [6.07, 6.45) is 1.75. The summed E-state index contributed by atoms with van der Waals surface area (Å²) < 4.78 is 13.3. The van der Waals surface area contributed by atoms with Crippen LogP contribution in [0.15, 0.2) is 48.5 Å². The number of aryl methyl sites for hydroxylation is 1. The van der Waals surface area contributed by atoms with Gasteiger partial charge in [0.15, 0.2) is 0 Å². The zero-order valence-corrected chi connectivity index (χ0v) is 17.3. The van der Waals surface area contributed by atoms with Crippen LogP contribution in [-0.4, -0.2) is 40.0 Å². The number of nitrogens with one attached hydrogen (secondary N) is 1. The van der Waals surface area contributed by atoms with E-state index in [1.165, 1.54) is 29.5 Å². The number of carbonyl (C=O) groups excluding carboxylic acids is 2. The summed E-state index contributed by atoms with van der Waals surface area (Å²) in [6.45, 7) is 3.24. The van der Waals surface area contributed by atoms with E-state index in [1.807, 2.05) is 36.1 Å². The van der Waals surface area contributed by atoms with Gasteiger partial charge in [-0.05, 0) is 50.1 Å². The van der Waals surface area contributed by atoms with Gasteiger partial charge in [-0.25, -0.2) is 4.39 Å². The predicted octanol–water partition coefficient (Wildman–Crippen LogP) is 4.26. The zero-order valence-electron chi connectivity index (χ0n) is 16.5. The van der Waals surface area contributed by atoms with Gasteiger partial charge in [0.2, 0.25) is 5.01 Å². The Kier molecular flexibility index (Phi) is 5.85. The number of likely N-dealkylation sites (tertiary alicyclic amines) is 1. The van der Waals surface area contributed by atoms with E-state index < -0.39 is 11.7 Å². The molecule has 6 nitrogen and oxygen atoms in total. The van der Waals surface area contributed by atoms with Crippen LogP contribution < -0.4 is 5.32 Å². The lowest BCUT2D eigenvalue weighted by atomic mass is 9.98. The Labute approximate surface area is 177 Å². The maximum atomic E-state index is 13.3. The summed E-state index contributed by atoms with van der Waals surface area (Å²) >= 11 is 1.22. The maximum absolute atomic E-state index is 13.3. The fourth-order valence-corrected chi connectivity index (χ4v) is 4.35. The molecular formula is C22H21FN4O2S. The van der Waals surface area contributed by atoms with Crippen molar-refractivity contribution in [1.29, 1.82) is 0 Å². The second kappa shape index (κ2) is 8.71. The SMILES string of the molecule is Cc1ccc(C(=O)N2CCC[C@@H](c3nnc(C(=O)Nc4cccc(F)c4)s3)C2)cc1. The fraction of sp³-hybridized carbons (Fsp3) is 0.273. The average Bonchev–Trinajstić information content (AvgIpc) is 3.24. The molecule has 1 atom stereocenters. The molecule has 1 fully saturated rings. The Morgan fingerprint density at radius 1 is 1.17 bits per heavy atom. The lowest BCUT2D eigenvalue weighted by Crippen LogP contribution is -2.39. The van der Waals surface area contributed by atoms with E-state index in [9.17, 15) is 14.0 Å². The lowest BCUT2D eigenvalue weighted by Gasteiger charge is -2.31. The lowest BCUT2D eigenvalue weighted by molar-refractivity contribution is 0.0706. The molecule has 1 aliphatic rings. The van der Waals surface area contributed by atoms with Crippen LogP contribution in [0.2, 0.25) is 0 Å². The molecule has 3 aromatic rings. The van der Waals surface area contributed by atoms with E-state index in [1.54, 1.807) is 6.07 Å². The number of hydrogen-bond donors (Lipinski definition) is 1. The fourth-order valence-electron chi connectivity index (χ4n) is 3.48. The quantitative estimate of drug-likeness (QED) is 0.679. The molecule has 2 heterocycles. The molecule has 4 rings (SSSR count). The molecule has 1 aromatic heterocycles. The van der Waals surface area contributed by atoms with Crippen molar-refractivity contribution >= 4 is 28.8 Å². The number of anilines is 1. The van der Waals surface area contributed by atoms with Crippen LogP contribution in [0.25, 0.3) is 0 Å². The zero-order chi connectivity index (χ0) is 21.1. The first-order valence-electron chi connectivity index (χ1n) is 9.76. The third kappa shape index (κ3) is 4.54. The third-order valence-electron chi connectivity index (χ3n) is 5.07. The average molecular weight is 425 g/mol. The molecule has 0 radical (unpaired) electrons. The van der Waals surface area contributed by atoms with Gasteiger partial charge < -0.3 is 10.2 Å². The van der Waals surface area contributed by atoms with Gasteiger partial charge in [-0.3, -0.25) is 9.59 Å². The number of piperidine rings is 1. The number of benzene rings is 2. The minimum absolute atomic E-state index is 0.00767. The van der Waals surface area contributed by atoms with Crippen LogP contribution in [0.1, 0.15) is 49.5 Å². The summed E-state index contributed by atoms with van der Waals surface area (Å²) in [5.41, 5.74) is 2.15. The predicted molar refractivity (Wildman–Crippen MR) is 113 cm³/mol. The Morgan fingerprint density at radius 2 is 1.97 bits per heavy atom. The summed E-state index contributed by atoms with van der Waals surface area (Å²) in [6, 6.07) is 13.3. The van der Waals surface area contributed by atoms with Gasteiger partial charge in [0.05, 0.1) is 0 Å². The summed E-state index contributed by atoms with van der Waals surface area (Å²) in [5.74, 6) is -0.798. The van der Waals surface area contributed by atoms with Gasteiger partial charge in [0.25, 0.3) is 11.8 Å². The molecule has 0 bridgehead atoms. The van der Waals surface area contributed by atoms with E-state index in [-0.39, 0.29) is 16.8 Å². The normalized spacial score (nSPS) is 16.3. The minimum atomic E-state index is -0.425. The van der Waals surface area contributed by atoms with Crippen LogP contribution in [0.4, 0.5) is 10.1 Å². The monoisotopic (exact) mass is 424 g/mol. The maximum Gasteiger partial charge on any atom is 0.286 e. The first-order chi connectivity index (χ1) is 14.5. The second-order valence-electron chi connectivity index (χ2n) is 7.37. The summed E-state index contributed by atoms with van der Waals surface area (Å²) in [4.78, 5) is 27.1. The van der Waals surface area contributed by atoms with Crippen molar-refractivity contribution in [2.24, 2.45) is 0 Å². The Bertz CT molecular complexity index is 1070. The van der Waals surface area contributed by atoms with E-state index in [4.69, 9.17) is 0 Å². The number of amides is 2. The summed E-state index contributed by atoms with van der Waals surface area (Å²) in [7, 11) is 0. The van der Waals surface area contributed by atoms with Gasteiger partial charge in [0.1, 0.15) is 10.8 Å². The van der Waals surface area contributed by atoms with Gasteiger partial charge in [-0.1, -0.05) is 35.1 Å². The van der Waals surface area contributed by atoms with E-state index in [0.717, 1.165) is 23.4 Å². The van der Waals surface area contributed by atoms with Gasteiger partial charge in [0, 0.05) is 30.3 Å². The molecule has 0 spiro atoms. The van der Waals surface area contributed by atoms with Gasteiger partial charge in [-0.2, -0.15) is 0 Å². The Balaban J connectivity index is 1.43. The van der Waals surface area contributed by atoms with E-state index >= 15 is 0 Å². The van der Waals surface area contributed by atoms with Crippen LogP contribution >= 0.6 is 11.3 Å². The standard InChI is InChI=1S/C22H21FN4O2S/c1-14-7-9-15(10-8-14)22(29)27-11-3-4-16(13-27)20-25-26-21(30-20)19(28)24-18-6-2-5-17(23)12-18/h2,5-10,12,16H,3-4,11,13H2,1H3,(H,24,28)/t16-/m1/s1. The van der Waals surface area contributed by atoms with Crippen LogP contribution in [0.3, 0.4) is 0 Å². The van der Waals surface area contributed by atoms with Crippen molar-refractivity contribution in [3.63, 3.8) is 0 Å². The van der Waals surface area contributed by atoms with Crippen LogP contribution in [0.5, 0.6) is 0 Å². The van der Waals surface area contributed by atoms with Gasteiger partial charge in [-0.15, -0.1) is 10.2 Å². The molecule has 0 aliphatic carbocycles. The smallest absolute Gasteiger partial charge is 0.286 e. The van der Waals surface area contributed by atoms with Crippen molar-refractivity contribution in [3.8, 4) is 0 Å². The molecule has 0 saturated carbocycles. The number of aromatic nitrogens is 2. The van der Waals surface area contributed by atoms with Crippen molar-refractivity contribution in [2.45, 2.75) is 25.7 Å². The molecule has 154 valence electrons. The minimum Gasteiger partial charge on any atom is -0.338 e. The highest BCUT2D eigenvalue weighted by Gasteiger charge is 2.28. The van der Waals surface area contributed by atoms with Gasteiger partial charge >= 0.3 is 0 Å². The number of nitrogens with zero attached hydrogens (tertiary/aromatic N) is 3. The number of rotatable bonds is 4. The van der Waals surface area contributed by atoms with Crippen molar-refractivity contribution in [1.82, 2.24) is 15.1 Å². The molecular weight excluding hydrogens is 403 g/mol. The van der Waals surface area contributed by atoms with Crippen molar-refractivity contribution in [2.75, 3.05) is 18.4 Å². The topological polar surface area (TPSA) is 75.2 Å². The highest BCUT2D eigenvalue weighted by molar-refractivity contribution is 7.13. The number of halogens is 1. The molecule has 30 heavy (non-hydrogen) atoms. The highest BCUT2D eigenvalue weighted by atomic mass is 32.1. The number of hydrogen-bond acceptors (Lipinski definition) is 5. The number of carbonyl (C=O) groups is 2. The molecule has 2 aromatic carbocycles. The van der Waals surface area contributed by atoms with Crippen LogP contribution in [-0.2, 0) is 0 Å². The van der Waals surface area contributed by atoms with E-state index in [0.29, 0.717) is 24.3 Å². The Hall–Kier alpha value is -3.13. The molecule has 0 unspecified atom stereocenters. The molecule has 8 heteroatoms. The third-order valence-corrected chi connectivity index (χ3v) is 6.16. The second-order valence-corrected chi connectivity index (χ2v) is 8.38. The first-order valence-corrected chi connectivity index (χ1v) is 10.6. The molecule has 1 N–H and O–H groups in total. The Morgan fingerprint density at radius 3 is 2.73 bits per heavy atom. The first kappa shape index (κ1) is 20.2. The molecule has 1 saturated heterocycles.